The van der Waals surface area contributed by atoms with Gasteiger partial charge in [-0.05, 0) is 25.9 Å². The third-order valence-corrected chi connectivity index (χ3v) is 7.43. The van der Waals surface area contributed by atoms with Gasteiger partial charge in [-0.3, -0.25) is 4.79 Å². The molecule has 2 fully saturated rings. The lowest BCUT2D eigenvalue weighted by Gasteiger charge is -2.33. The van der Waals surface area contributed by atoms with E-state index < -0.39 is 0 Å². The molecule has 0 unspecified atom stereocenters. The zero-order valence-corrected chi connectivity index (χ0v) is 21.4. The molecular formula is C25H37N9O2. The SMILES string of the molecule is CNc1nc(C2CCN(CCNc3cc(N4CCOCC4)ncn3)CC2)nc2c1CN(C(C)=O)CC2. The predicted molar refractivity (Wildman–Crippen MR) is 138 cm³/mol. The number of piperidine rings is 1. The van der Waals surface area contributed by atoms with Crippen LogP contribution in [0.25, 0.3) is 0 Å². The summed E-state index contributed by atoms with van der Waals surface area (Å²) in [6, 6.07) is 2.03. The molecule has 0 saturated carbocycles. The van der Waals surface area contributed by atoms with Gasteiger partial charge in [0.2, 0.25) is 5.91 Å². The number of likely N-dealkylation sites (tertiary alicyclic amines) is 1. The lowest BCUT2D eigenvalue weighted by molar-refractivity contribution is -0.129. The number of ether oxygens (including phenoxy) is 1. The largest absolute Gasteiger partial charge is 0.378 e. The number of rotatable bonds is 7. The summed E-state index contributed by atoms with van der Waals surface area (Å²) in [4.78, 5) is 37.1. The molecule has 3 aliphatic heterocycles. The van der Waals surface area contributed by atoms with Crippen LogP contribution in [0, 0.1) is 0 Å². The molecule has 0 aromatic carbocycles. The Kier molecular flexibility index (Phi) is 7.76. The average molecular weight is 496 g/mol. The van der Waals surface area contributed by atoms with E-state index in [0.29, 0.717) is 12.5 Å². The van der Waals surface area contributed by atoms with Crippen LogP contribution in [0.4, 0.5) is 17.5 Å². The molecule has 2 saturated heterocycles. The molecule has 11 heteroatoms. The minimum absolute atomic E-state index is 0.103. The molecule has 0 aliphatic carbocycles. The molecular weight excluding hydrogens is 458 g/mol. The highest BCUT2D eigenvalue weighted by molar-refractivity contribution is 5.74. The highest BCUT2D eigenvalue weighted by Gasteiger charge is 2.27. The number of anilines is 3. The zero-order valence-electron chi connectivity index (χ0n) is 21.4. The molecule has 5 heterocycles. The number of nitrogens with one attached hydrogen (secondary N) is 2. The van der Waals surface area contributed by atoms with Crippen molar-refractivity contribution in [3.05, 3.63) is 29.5 Å². The number of carbonyl (C=O) groups is 1. The summed E-state index contributed by atoms with van der Waals surface area (Å²) >= 11 is 0. The summed E-state index contributed by atoms with van der Waals surface area (Å²) < 4.78 is 5.44. The van der Waals surface area contributed by atoms with Crippen molar-refractivity contribution in [3.8, 4) is 0 Å². The maximum absolute atomic E-state index is 11.8. The second kappa shape index (κ2) is 11.3. The summed E-state index contributed by atoms with van der Waals surface area (Å²) in [5.41, 5.74) is 2.16. The summed E-state index contributed by atoms with van der Waals surface area (Å²) in [7, 11) is 1.90. The van der Waals surface area contributed by atoms with E-state index in [1.807, 2.05) is 18.0 Å². The Hall–Kier alpha value is -3.05. The first-order chi connectivity index (χ1) is 17.6. The maximum Gasteiger partial charge on any atom is 0.219 e. The van der Waals surface area contributed by atoms with E-state index in [0.717, 1.165) is 113 Å². The number of hydrogen-bond acceptors (Lipinski definition) is 10. The summed E-state index contributed by atoms with van der Waals surface area (Å²) in [6.45, 7) is 10.0. The molecule has 36 heavy (non-hydrogen) atoms. The Morgan fingerprint density at radius 3 is 2.67 bits per heavy atom. The number of fused-ring (bicyclic) bond motifs is 1. The first-order valence-electron chi connectivity index (χ1n) is 13.0. The maximum atomic E-state index is 11.8. The van der Waals surface area contributed by atoms with Gasteiger partial charge in [0.25, 0.3) is 0 Å². The van der Waals surface area contributed by atoms with Crippen molar-refractivity contribution in [2.45, 2.75) is 38.6 Å². The van der Waals surface area contributed by atoms with Crippen LogP contribution in [0.1, 0.15) is 42.8 Å². The Balaban J connectivity index is 1.12. The first-order valence-corrected chi connectivity index (χ1v) is 13.0. The van der Waals surface area contributed by atoms with Crippen LogP contribution in [0.15, 0.2) is 12.4 Å². The Morgan fingerprint density at radius 2 is 1.92 bits per heavy atom. The fourth-order valence-electron chi connectivity index (χ4n) is 5.26. The van der Waals surface area contributed by atoms with Crippen LogP contribution in [-0.2, 0) is 22.5 Å². The van der Waals surface area contributed by atoms with Crippen molar-refractivity contribution in [3.63, 3.8) is 0 Å². The number of nitrogens with zero attached hydrogens (tertiary/aromatic N) is 7. The molecule has 3 aliphatic rings. The third kappa shape index (κ3) is 5.67. The van der Waals surface area contributed by atoms with Crippen LogP contribution in [0.3, 0.4) is 0 Å². The molecule has 2 aromatic rings. The van der Waals surface area contributed by atoms with Crippen molar-refractivity contribution >= 4 is 23.4 Å². The van der Waals surface area contributed by atoms with E-state index in [1.165, 1.54) is 0 Å². The highest BCUT2D eigenvalue weighted by Crippen LogP contribution is 2.30. The minimum atomic E-state index is 0.103. The van der Waals surface area contributed by atoms with Crippen molar-refractivity contribution in [1.82, 2.24) is 29.7 Å². The molecule has 194 valence electrons. The number of hydrogen-bond donors (Lipinski definition) is 2. The molecule has 2 N–H and O–H groups in total. The van der Waals surface area contributed by atoms with Gasteiger partial charge in [0.1, 0.15) is 29.6 Å². The van der Waals surface area contributed by atoms with E-state index >= 15 is 0 Å². The second-order valence-electron chi connectivity index (χ2n) is 9.70. The Morgan fingerprint density at radius 1 is 1.11 bits per heavy atom. The Labute approximate surface area is 212 Å². The second-order valence-corrected chi connectivity index (χ2v) is 9.70. The fourth-order valence-corrected chi connectivity index (χ4v) is 5.26. The molecule has 0 atom stereocenters. The van der Waals surface area contributed by atoms with Crippen LogP contribution >= 0.6 is 0 Å². The van der Waals surface area contributed by atoms with Crippen LogP contribution < -0.4 is 15.5 Å². The number of morpholine rings is 1. The number of carbonyl (C=O) groups excluding carboxylic acids is 1. The minimum Gasteiger partial charge on any atom is -0.378 e. The van der Waals surface area contributed by atoms with E-state index in [1.54, 1.807) is 13.3 Å². The topological polar surface area (TPSA) is 112 Å². The molecule has 11 nitrogen and oxygen atoms in total. The van der Waals surface area contributed by atoms with Gasteiger partial charge in [0, 0.05) is 70.7 Å². The molecule has 0 radical (unpaired) electrons. The first kappa shape index (κ1) is 24.6. The summed E-state index contributed by atoms with van der Waals surface area (Å²) in [6.07, 6.45) is 4.53. The number of aromatic nitrogens is 4. The van der Waals surface area contributed by atoms with Gasteiger partial charge < -0.3 is 30.1 Å². The van der Waals surface area contributed by atoms with Crippen LogP contribution in [-0.4, -0.2) is 102 Å². The van der Waals surface area contributed by atoms with E-state index in [9.17, 15) is 4.79 Å². The Bertz CT molecular complexity index is 1030. The van der Waals surface area contributed by atoms with Crippen molar-refractivity contribution in [1.29, 1.82) is 0 Å². The van der Waals surface area contributed by atoms with Gasteiger partial charge in [0.05, 0.1) is 25.5 Å². The third-order valence-electron chi connectivity index (χ3n) is 7.43. The monoisotopic (exact) mass is 495 g/mol. The molecule has 0 bridgehead atoms. The number of amides is 1. The van der Waals surface area contributed by atoms with Gasteiger partial charge in [-0.1, -0.05) is 0 Å². The lowest BCUT2D eigenvalue weighted by atomic mass is 9.95. The van der Waals surface area contributed by atoms with Gasteiger partial charge in [-0.2, -0.15) is 0 Å². The average Bonchev–Trinajstić information content (AvgIpc) is 2.93. The van der Waals surface area contributed by atoms with Crippen molar-refractivity contribution in [2.75, 3.05) is 81.6 Å². The van der Waals surface area contributed by atoms with Crippen molar-refractivity contribution < 1.29 is 9.53 Å². The summed E-state index contributed by atoms with van der Waals surface area (Å²) in [5.74, 6) is 4.11. The fraction of sp³-hybridized carbons (Fsp3) is 0.640. The van der Waals surface area contributed by atoms with Crippen LogP contribution in [0.2, 0.25) is 0 Å². The summed E-state index contributed by atoms with van der Waals surface area (Å²) in [5, 5.41) is 6.71. The van der Waals surface area contributed by atoms with Gasteiger partial charge in [0.15, 0.2) is 0 Å². The van der Waals surface area contributed by atoms with Crippen LogP contribution in [0.5, 0.6) is 0 Å². The van der Waals surface area contributed by atoms with Gasteiger partial charge >= 0.3 is 0 Å². The lowest BCUT2D eigenvalue weighted by Crippen LogP contribution is -2.38. The smallest absolute Gasteiger partial charge is 0.219 e. The quantitative estimate of drug-likeness (QED) is 0.584. The molecule has 0 spiro atoms. The van der Waals surface area contributed by atoms with Gasteiger partial charge in [-0.25, -0.2) is 19.9 Å². The molecule has 1 amide bonds. The van der Waals surface area contributed by atoms with Gasteiger partial charge in [-0.15, -0.1) is 0 Å². The predicted octanol–water partition coefficient (Wildman–Crippen LogP) is 1.34. The van der Waals surface area contributed by atoms with E-state index in [4.69, 9.17) is 14.7 Å². The standard InChI is InChI=1S/C25H37N9O2/c1-18(35)34-9-5-21-20(16-34)25(26-2)31-24(30-21)19-3-7-32(8-4-19)10-6-27-22-15-23(29-17-28-22)33-11-13-36-14-12-33/h15,17,19H,3-14,16H2,1-2H3,(H,26,30,31)(H,27,28,29). The normalized spacial score (nSPS) is 19.2. The van der Waals surface area contributed by atoms with E-state index in [-0.39, 0.29) is 5.91 Å². The van der Waals surface area contributed by atoms with E-state index in [2.05, 4.69) is 30.4 Å². The van der Waals surface area contributed by atoms with Crippen molar-refractivity contribution in [2.24, 2.45) is 0 Å². The molecule has 2 aromatic heterocycles. The molecule has 5 rings (SSSR count). The highest BCUT2D eigenvalue weighted by atomic mass is 16.5. The zero-order chi connectivity index (χ0) is 24.9.